The summed E-state index contributed by atoms with van der Waals surface area (Å²) in [5.74, 6) is 0.629. The van der Waals surface area contributed by atoms with E-state index in [0.29, 0.717) is 12.4 Å². The topological polar surface area (TPSA) is 29.5 Å². The predicted molar refractivity (Wildman–Crippen MR) is 72.5 cm³/mol. The van der Waals surface area contributed by atoms with Crippen LogP contribution in [0.3, 0.4) is 0 Å². The highest BCUT2D eigenvalue weighted by atomic mass is 19.1. The highest BCUT2D eigenvalue weighted by Crippen LogP contribution is 2.38. The molecule has 0 atom stereocenters. The molecule has 3 heteroatoms. The molecule has 0 aromatic heterocycles. The first-order valence-corrected chi connectivity index (χ1v) is 6.07. The zero-order chi connectivity index (χ0) is 13.4. The summed E-state index contributed by atoms with van der Waals surface area (Å²) < 4.78 is 18.6. The number of halogens is 1. The van der Waals surface area contributed by atoms with E-state index in [1.165, 1.54) is 12.1 Å². The van der Waals surface area contributed by atoms with E-state index in [1.54, 1.807) is 24.3 Å². The van der Waals surface area contributed by atoms with E-state index in [1.807, 2.05) is 13.0 Å². The van der Waals surface area contributed by atoms with Crippen LogP contribution in [-0.4, -0.2) is 11.7 Å². The van der Waals surface area contributed by atoms with Crippen LogP contribution in [-0.2, 0) is 0 Å². The van der Waals surface area contributed by atoms with E-state index < -0.39 is 0 Å². The van der Waals surface area contributed by atoms with E-state index >= 15 is 0 Å². The van der Waals surface area contributed by atoms with Gasteiger partial charge in [-0.1, -0.05) is 12.1 Å². The van der Waals surface area contributed by atoms with Crippen molar-refractivity contribution >= 4 is 11.1 Å². The van der Waals surface area contributed by atoms with Gasteiger partial charge in [-0.05, 0) is 42.3 Å². The van der Waals surface area contributed by atoms with Gasteiger partial charge in [0.2, 0.25) is 0 Å². The molecule has 1 N–H and O–H groups in total. The Bertz CT molecular complexity index is 657. The zero-order valence-corrected chi connectivity index (χ0v) is 10.5. The maximum Gasteiger partial charge on any atom is 0.130 e. The molecule has 0 amide bonds. The average molecular weight is 256 g/mol. The van der Waals surface area contributed by atoms with Crippen LogP contribution in [0.5, 0.6) is 11.5 Å². The molecule has 0 aliphatic carbocycles. The van der Waals surface area contributed by atoms with Gasteiger partial charge in [-0.25, -0.2) is 4.39 Å². The number of hydrogen-bond acceptors (Lipinski definition) is 2. The molecule has 0 bridgehead atoms. The molecule has 0 unspecified atom stereocenters. The van der Waals surface area contributed by atoms with Crippen LogP contribution in [0, 0.1) is 5.82 Å². The Balaban J connectivity index is 2.10. The third-order valence-electron chi connectivity index (χ3n) is 3.39. The van der Waals surface area contributed by atoms with Gasteiger partial charge in [0, 0.05) is 17.2 Å². The van der Waals surface area contributed by atoms with E-state index in [-0.39, 0.29) is 11.6 Å². The summed E-state index contributed by atoms with van der Waals surface area (Å²) in [5.41, 5.74) is 4.05. The van der Waals surface area contributed by atoms with Crippen molar-refractivity contribution in [1.82, 2.24) is 0 Å². The SMILES string of the molecule is CC1=C(c2ccc(F)cc2)COc2cc(O)ccc21. The Morgan fingerprint density at radius 3 is 2.58 bits per heavy atom. The molecule has 0 saturated carbocycles. The van der Waals surface area contributed by atoms with Crippen LogP contribution < -0.4 is 4.74 Å². The molecule has 19 heavy (non-hydrogen) atoms. The first-order valence-electron chi connectivity index (χ1n) is 6.07. The highest BCUT2D eigenvalue weighted by Gasteiger charge is 2.18. The van der Waals surface area contributed by atoms with Gasteiger partial charge < -0.3 is 9.84 Å². The van der Waals surface area contributed by atoms with E-state index in [4.69, 9.17) is 4.74 Å². The first kappa shape index (κ1) is 11.8. The van der Waals surface area contributed by atoms with Crippen molar-refractivity contribution in [2.75, 3.05) is 6.61 Å². The number of hydrogen-bond donors (Lipinski definition) is 1. The summed E-state index contributed by atoms with van der Waals surface area (Å²) in [4.78, 5) is 0. The van der Waals surface area contributed by atoms with Crippen molar-refractivity contribution in [2.45, 2.75) is 6.92 Å². The summed E-state index contributed by atoms with van der Waals surface area (Å²) in [6.07, 6.45) is 0. The lowest BCUT2D eigenvalue weighted by molar-refractivity contribution is 0.361. The fraction of sp³-hybridized carbons (Fsp3) is 0.125. The third-order valence-corrected chi connectivity index (χ3v) is 3.39. The number of rotatable bonds is 1. The van der Waals surface area contributed by atoms with Gasteiger partial charge in [0.15, 0.2) is 0 Å². The fourth-order valence-electron chi connectivity index (χ4n) is 2.31. The molecule has 96 valence electrons. The largest absolute Gasteiger partial charge is 0.508 e. The Kier molecular flexibility index (Phi) is 2.75. The lowest BCUT2D eigenvalue weighted by atomic mass is 9.94. The van der Waals surface area contributed by atoms with Gasteiger partial charge in [0.25, 0.3) is 0 Å². The molecule has 0 fully saturated rings. The Labute approximate surface area is 110 Å². The second-order valence-corrected chi connectivity index (χ2v) is 4.58. The maximum absolute atomic E-state index is 13.0. The van der Waals surface area contributed by atoms with Crippen LogP contribution in [0.25, 0.3) is 11.1 Å². The van der Waals surface area contributed by atoms with Gasteiger partial charge in [0.05, 0.1) is 0 Å². The highest BCUT2D eigenvalue weighted by molar-refractivity contribution is 5.93. The van der Waals surface area contributed by atoms with Gasteiger partial charge in [-0.2, -0.15) is 0 Å². The Hall–Kier alpha value is -2.29. The molecule has 1 heterocycles. The van der Waals surface area contributed by atoms with Crippen LogP contribution >= 0.6 is 0 Å². The summed E-state index contributed by atoms with van der Waals surface area (Å²) in [5, 5.41) is 9.45. The van der Waals surface area contributed by atoms with Gasteiger partial charge >= 0.3 is 0 Å². The minimum absolute atomic E-state index is 0.191. The van der Waals surface area contributed by atoms with Gasteiger partial charge in [-0.3, -0.25) is 0 Å². The number of phenols is 1. The quantitative estimate of drug-likeness (QED) is 0.839. The number of aromatic hydroxyl groups is 1. The van der Waals surface area contributed by atoms with Gasteiger partial charge in [0.1, 0.15) is 23.9 Å². The molecule has 2 nitrogen and oxygen atoms in total. The zero-order valence-electron chi connectivity index (χ0n) is 10.5. The van der Waals surface area contributed by atoms with Crippen LogP contribution in [0.15, 0.2) is 42.5 Å². The summed E-state index contributed by atoms with van der Waals surface area (Å²) in [6, 6.07) is 11.5. The van der Waals surface area contributed by atoms with Crippen molar-refractivity contribution < 1.29 is 14.2 Å². The van der Waals surface area contributed by atoms with Crippen LogP contribution in [0.2, 0.25) is 0 Å². The second-order valence-electron chi connectivity index (χ2n) is 4.58. The lowest BCUT2D eigenvalue weighted by Gasteiger charge is -2.22. The molecule has 0 radical (unpaired) electrons. The van der Waals surface area contributed by atoms with Crippen molar-refractivity contribution in [3.8, 4) is 11.5 Å². The average Bonchev–Trinajstić information content (AvgIpc) is 2.40. The number of ether oxygens (including phenoxy) is 1. The number of phenolic OH excluding ortho intramolecular Hbond substituents is 1. The summed E-state index contributed by atoms with van der Waals surface area (Å²) >= 11 is 0. The lowest BCUT2D eigenvalue weighted by Crippen LogP contribution is -2.09. The molecule has 2 aromatic carbocycles. The monoisotopic (exact) mass is 256 g/mol. The Morgan fingerprint density at radius 2 is 1.84 bits per heavy atom. The number of allylic oxidation sites excluding steroid dienone is 1. The Morgan fingerprint density at radius 1 is 1.11 bits per heavy atom. The maximum atomic E-state index is 13.0. The molecule has 0 saturated heterocycles. The molecule has 1 aliphatic heterocycles. The van der Waals surface area contributed by atoms with Crippen molar-refractivity contribution in [1.29, 1.82) is 0 Å². The van der Waals surface area contributed by atoms with Crippen molar-refractivity contribution in [2.24, 2.45) is 0 Å². The molecule has 1 aliphatic rings. The molecular weight excluding hydrogens is 243 g/mol. The van der Waals surface area contributed by atoms with E-state index in [0.717, 1.165) is 22.3 Å². The normalized spacial score (nSPS) is 14.0. The second kappa shape index (κ2) is 4.43. The fourth-order valence-corrected chi connectivity index (χ4v) is 2.31. The van der Waals surface area contributed by atoms with Crippen molar-refractivity contribution in [3.05, 3.63) is 59.4 Å². The third kappa shape index (κ3) is 2.08. The molecule has 2 aromatic rings. The smallest absolute Gasteiger partial charge is 0.130 e. The minimum Gasteiger partial charge on any atom is -0.508 e. The van der Waals surface area contributed by atoms with Crippen molar-refractivity contribution in [3.63, 3.8) is 0 Å². The minimum atomic E-state index is -0.246. The van der Waals surface area contributed by atoms with E-state index in [2.05, 4.69) is 0 Å². The number of benzene rings is 2. The summed E-state index contributed by atoms with van der Waals surface area (Å²) in [6.45, 7) is 2.44. The summed E-state index contributed by atoms with van der Waals surface area (Å²) in [7, 11) is 0. The van der Waals surface area contributed by atoms with Gasteiger partial charge in [-0.15, -0.1) is 0 Å². The molecule has 0 spiro atoms. The molecule has 3 rings (SSSR count). The predicted octanol–water partition coefficient (Wildman–Crippen LogP) is 3.85. The first-order chi connectivity index (χ1) is 9.15. The van der Waals surface area contributed by atoms with Crippen LogP contribution in [0.1, 0.15) is 18.1 Å². The molecular formula is C16H13FO2. The van der Waals surface area contributed by atoms with Crippen LogP contribution in [0.4, 0.5) is 4.39 Å². The standard InChI is InChI=1S/C16H13FO2/c1-10-14-7-6-13(18)8-16(14)19-9-15(10)11-2-4-12(17)5-3-11/h2-8,18H,9H2,1H3. The van der Waals surface area contributed by atoms with E-state index in [9.17, 15) is 9.50 Å². The number of fused-ring (bicyclic) bond motifs is 1.